The highest BCUT2D eigenvalue weighted by Gasteiger charge is 2.28. The lowest BCUT2D eigenvalue weighted by Gasteiger charge is -2.30. The molecule has 166 valence electrons. The van der Waals surface area contributed by atoms with Crippen LogP contribution in [0.3, 0.4) is 0 Å². The van der Waals surface area contributed by atoms with Crippen molar-refractivity contribution in [2.45, 2.75) is 39.2 Å². The van der Waals surface area contributed by atoms with Crippen LogP contribution in [-0.2, 0) is 11.3 Å². The molecule has 7 heteroatoms. The fourth-order valence-electron chi connectivity index (χ4n) is 3.58. The first-order valence-electron chi connectivity index (χ1n) is 10.6. The Balaban J connectivity index is 1.45. The molecule has 0 saturated carbocycles. The van der Waals surface area contributed by atoms with Gasteiger partial charge in [-0.2, -0.15) is 0 Å². The molecule has 2 amide bonds. The molecule has 1 fully saturated rings. The number of hydrogen-bond donors (Lipinski definition) is 2. The Kier molecular flexibility index (Phi) is 7.39. The highest BCUT2D eigenvalue weighted by Crippen LogP contribution is 2.26. The van der Waals surface area contributed by atoms with E-state index in [1.54, 1.807) is 23.1 Å². The third-order valence-electron chi connectivity index (χ3n) is 5.59. The monoisotopic (exact) mass is 426 g/mol. The van der Waals surface area contributed by atoms with Gasteiger partial charge in [0.1, 0.15) is 5.75 Å². The van der Waals surface area contributed by atoms with Crippen LogP contribution in [0.2, 0.25) is 0 Å². The number of amides is 2. The standard InChI is InChI=1S/C24H30N2O5/c1-16(2)18-5-7-20(8-6-18)31-24(29)26-12-10-19(11-13-26)23(28)25-15-17-4-9-21(27)22(14-17)30-3/h4-9,14,16,19,27H,10-13,15H2,1-3H3,(H,25,28). The van der Waals surface area contributed by atoms with Crippen molar-refractivity contribution in [1.29, 1.82) is 0 Å². The van der Waals surface area contributed by atoms with Gasteiger partial charge in [-0.05, 0) is 54.2 Å². The molecule has 31 heavy (non-hydrogen) atoms. The van der Waals surface area contributed by atoms with Gasteiger partial charge in [0.25, 0.3) is 0 Å². The van der Waals surface area contributed by atoms with Crippen LogP contribution in [0.1, 0.15) is 43.7 Å². The largest absolute Gasteiger partial charge is 0.504 e. The smallest absolute Gasteiger partial charge is 0.415 e. The molecule has 0 spiro atoms. The van der Waals surface area contributed by atoms with Gasteiger partial charge < -0.3 is 24.8 Å². The van der Waals surface area contributed by atoms with Gasteiger partial charge in [-0.25, -0.2) is 4.79 Å². The average Bonchev–Trinajstić information content (AvgIpc) is 2.78. The molecule has 0 bridgehead atoms. The number of likely N-dealkylation sites (tertiary alicyclic amines) is 1. The number of nitrogens with one attached hydrogen (secondary N) is 1. The van der Waals surface area contributed by atoms with Crippen LogP contribution in [0, 0.1) is 5.92 Å². The minimum absolute atomic E-state index is 0.0377. The summed E-state index contributed by atoms with van der Waals surface area (Å²) in [7, 11) is 1.48. The van der Waals surface area contributed by atoms with E-state index < -0.39 is 0 Å². The van der Waals surface area contributed by atoms with Crippen molar-refractivity contribution in [3.63, 3.8) is 0 Å². The van der Waals surface area contributed by atoms with E-state index in [1.807, 2.05) is 24.3 Å². The molecule has 1 aliphatic rings. The number of phenols is 1. The van der Waals surface area contributed by atoms with Crippen LogP contribution < -0.4 is 14.8 Å². The van der Waals surface area contributed by atoms with Gasteiger partial charge in [0.2, 0.25) is 5.91 Å². The third-order valence-corrected chi connectivity index (χ3v) is 5.59. The zero-order valence-corrected chi connectivity index (χ0v) is 18.3. The quantitative estimate of drug-likeness (QED) is 0.728. The van der Waals surface area contributed by atoms with Gasteiger partial charge >= 0.3 is 6.09 Å². The van der Waals surface area contributed by atoms with Crippen LogP contribution in [-0.4, -0.2) is 42.2 Å². The number of methoxy groups -OCH3 is 1. The molecule has 0 radical (unpaired) electrons. The fourth-order valence-corrected chi connectivity index (χ4v) is 3.58. The average molecular weight is 427 g/mol. The van der Waals surface area contributed by atoms with Crippen LogP contribution in [0.15, 0.2) is 42.5 Å². The van der Waals surface area contributed by atoms with Crippen molar-refractivity contribution in [2.75, 3.05) is 20.2 Å². The molecule has 0 aliphatic carbocycles. The molecule has 2 aromatic carbocycles. The Bertz CT molecular complexity index is 903. The van der Waals surface area contributed by atoms with E-state index in [1.165, 1.54) is 12.7 Å². The molecular formula is C24H30N2O5. The maximum absolute atomic E-state index is 12.5. The number of hydrogen-bond acceptors (Lipinski definition) is 5. The first-order valence-corrected chi connectivity index (χ1v) is 10.6. The number of piperidine rings is 1. The maximum Gasteiger partial charge on any atom is 0.415 e. The topological polar surface area (TPSA) is 88.1 Å². The second-order valence-corrected chi connectivity index (χ2v) is 8.08. The van der Waals surface area contributed by atoms with Crippen molar-refractivity contribution >= 4 is 12.0 Å². The van der Waals surface area contributed by atoms with Gasteiger partial charge in [-0.1, -0.05) is 32.0 Å². The molecule has 0 unspecified atom stereocenters. The molecular weight excluding hydrogens is 396 g/mol. The molecule has 1 aliphatic heterocycles. The van der Waals surface area contributed by atoms with Crippen LogP contribution >= 0.6 is 0 Å². The number of ether oxygens (including phenoxy) is 2. The maximum atomic E-state index is 12.5. The van der Waals surface area contributed by atoms with E-state index in [4.69, 9.17) is 9.47 Å². The summed E-state index contributed by atoms with van der Waals surface area (Å²) in [5, 5.41) is 12.6. The van der Waals surface area contributed by atoms with Crippen molar-refractivity contribution in [3.05, 3.63) is 53.6 Å². The SMILES string of the molecule is COc1cc(CNC(=O)C2CCN(C(=O)Oc3ccc(C(C)C)cc3)CC2)ccc1O. The Labute approximate surface area is 183 Å². The van der Waals surface area contributed by atoms with Crippen molar-refractivity contribution in [2.24, 2.45) is 5.92 Å². The lowest BCUT2D eigenvalue weighted by Crippen LogP contribution is -2.43. The molecule has 1 heterocycles. The van der Waals surface area contributed by atoms with Gasteiger partial charge in [0.05, 0.1) is 7.11 Å². The van der Waals surface area contributed by atoms with Crippen molar-refractivity contribution in [3.8, 4) is 17.2 Å². The summed E-state index contributed by atoms with van der Waals surface area (Å²) in [5.41, 5.74) is 2.03. The number of aromatic hydroxyl groups is 1. The van der Waals surface area contributed by atoms with E-state index in [0.717, 1.165) is 5.56 Å². The van der Waals surface area contributed by atoms with E-state index in [-0.39, 0.29) is 23.7 Å². The van der Waals surface area contributed by atoms with E-state index >= 15 is 0 Å². The van der Waals surface area contributed by atoms with Gasteiger partial charge in [0, 0.05) is 25.6 Å². The molecule has 0 atom stereocenters. The summed E-state index contributed by atoms with van der Waals surface area (Å²) in [4.78, 5) is 26.6. The second-order valence-electron chi connectivity index (χ2n) is 8.08. The first kappa shape index (κ1) is 22.5. The first-order chi connectivity index (χ1) is 14.9. The Morgan fingerprint density at radius 2 is 1.81 bits per heavy atom. The molecule has 0 aromatic heterocycles. The normalized spacial score (nSPS) is 14.4. The summed E-state index contributed by atoms with van der Waals surface area (Å²) >= 11 is 0. The van der Waals surface area contributed by atoms with Gasteiger partial charge in [-0.15, -0.1) is 0 Å². The number of rotatable bonds is 6. The van der Waals surface area contributed by atoms with Crippen LogP contribution in [0.5, 0.6) is 17.2 Å². The minimum Gasteiger partial charge on any atom is -0.504 e. The number of benzene rings is 2. The lowest BCUT2D eigenvalue weighted by molar-refractivity contribution is -0.126. The highest BCUT2D eigenvalue weighted by atomic mass is 16.6. The molecule has 3 rings (SSSR count). The number of nitrogens with zero attached hydrogens (tertiary/aromatic N) is 1. The van der Waals surface area contributed by atoms with E-state index in [2.05, 4.69) is 19.2 Å². The van der Waals surface area contributed by atoms with Crippen LogP contribution in [0.25, 0.3) is 0 Å². The Hall–Kier alpha value is -3.22. The van der Waals surface area contributed by atoms with Gasteiger partial charge in [0.15, 0.2) is 11.5 Å². The van der Waals surface area contributed by atoms with Crippen molar-refractivity contribution < 1.29 is 24.2 Å². The Morgan fingerprint density at radius 1 is 1.13 bits per heavy atom. The predicted octanol–water partition coefficient (Wildman–Crippen LogP) is 4.05. The summed E-state index contributed by atoms with van der Waals surface area (Å²) in [6.07, 6.45) is 0.797. The summed E-state index contributed by atoms with van der Waals surface area (Å²) in [5.74, 6) is 1.20. The van der Waals surface area contributed by atoms with Crippen molar-refractivity contribution in [1.82, 2.24) is 10.2 Å². The fraction of sp³-hybridized carbons (Fsp3) is 0.417. The lowest BCUT2D eigenvalue weighted by atomic mass is 9.96. The molecule has 2 aromatic rings. The zero-order chi connectivity index (χ0) is 22.4. The van der Waals surface area contributed by atoms with Crippen LogP contribution in [0.4, 0.5) is 4.79 Å². The predicted molar refractivity (Wildman–Crippen MR) is 117 cm³/mol. The second kappa shape index (κ2) is 10.2. The summed E-state index contributed by atoms with van der Waals surface area (Å²) in [6, 6.07) is 12.5. The molecule has 1 saturated heterocycles. The van der Waals surface area contributed by atoms with E-state index in [9.17, 15) is 14.7 Å². The number of carbonyl (C=O) groups is 2. The number of carbonyl (C=O) groups excluding carboxylic acids is 2. The Morgan fingerprint density at radius 3 is 2.42 bits per heavy atom. The zero-order valence-electron chi connectivity index (χ0n) is 18.3. The third kappa shape index (κ3) is 5.90. The number of phenolic OH excluding ortho intramolecular Hbond substituents is 1. The minimum atomic E-state index is -0.382. The van der Waals surface area contributed by atoms with E-state index in [0.29, 0.717) is 49.9 Å². The molecule has 2 N–H and O–H groups in total. The summed E-state index contributed by atoms with van der Waals surface area (Å²) < 4.78 is 10.6. The van der Waals surface area contributed by atoms with Gasteiger partial charge in [-0.3, -0.25) is 4.79 Å². The highest BCUT2D eigenvalue weighted by molar-refractivity contribution is 5.79. The molecule has 7 nitrogen and oxygen atoms in total. The summed E-state index contributed by atoms with van der Waals surface area (Å²) in [6.45, 7) is 5.54.